The Morgan fingerprint density at radius 1 is 0.900 bits per heavy atom. The standard InChI is InChI=1S/C19H16Cl2N2O6S/c1-27-15-13(7-11(20)8-14(15)21)16(24)23-19(30)22-12-5-9(17(25)28-2)4-10(6-12)18(26)29-3/h4-8H,1-3H3,(H2,22,23,24,30). The summed E-state index contributed by atoms with van der Waals surface area (Å²) in [6, 6.07) is 6.91. The highest BCUT2D eigenvalue weighted by Gasteiger charge is 2.19. The quantitative estimate of drug-likeness (QED) is 0.503. The van der Waals surface area contributed by atoms with E-state index in [1.54, 1.807) is 0 Å². The van der Waals surface area contributed by atoms with Crippen LogP contribution in [0.1, 0.15) is 31.1 Å². The smallest absolute Gasteiger partial charge is 0.337 e. The van der Waals surface area contributed by atoms with Crippen molar-refractivity contribution in [3.8, 4) is 5.75 Å². The van der Waals surface area contributed by atoms with E-state index < -0.39 is 17.8 Å². The number of carbonyl (C=O) groups excluding carboxylic acids is 3. The average Bonchev–Trinajstić information content (AvgIpc) is 2.71. The van der Waals surface area contributed by atoms with Gasteiger partial charge in [-0.05, 0) is 42.5 Å². The summed E-state index contributed by atoms with van der Waals surface area (Å²) in [5, 5.41) is 5.45. The molecule has 2 aromatic rings. The van der Waals surface area contributed by atoms with Crippen LogP contribution in [-0.2, 0) is 9.47 Å². The second kappa shape index (κ2) is 10.2. The minimum Gasteiger partial charge on any atom is -0.494 e. The maximum atomic E-state index is 12.6. The van der Waals surface area contributed by atoms with E-state index in [0.717, 1.165) is 0 Å². The molecule has 0 saturated carbocycles. The summed E-state index contributed by atoms with van der Waals surface area (Å²) < 4.78 is 14.5. The predicted molar refractivity (Wildman–Crippen MR) is 116 cm³/mol. The average molecular weight is 471 g/mol. The molecular weight excluding hydrogens is 455 g/mol. The molecule has 0 bridgehead atoms. The van der Waals surface area contributed by atoms with Crippen molar-refractivity contribution in [3.63, 3.8) is 0 Å². The van der Waals surface area contributed by atoms with Crippen LogP contribution in [0, 0.1) is 0 Å². The Hall–Kier alpha value is -2.88. The van der Waals surface area contributed by atoms with Crippen LogP contribution in [0.4, 0.5) is 5.69 Å². The van der Waals surface area contributed by atoms with Crippen LogP contribution in [0.5, 0.6) is 5.75 Å². The third-order valence-electron chi connectivity index (χ3n) is 3.72. The van der Waals surface area contributed by atoms with Gasteiger partial charge in [-0.1, -0.05) is 23.2 Å². The highest BCUT2D eigenvalue weighted by atomic mass is 35.5. The molecule has 2 aromatic carbocycles. The number of esters is 2. The Labute approximate surface area is 187 Å². The summed E-state index contributed by atoms with van der Waals surface area (Å²) in [5.41, 5.74) is 0.484. The maximum Gasteiger partial charge on any atom is 0.337 e. The van der Waals surface area contributed by atoms with Gasteiger partial charge in [0.05, 0.1) is 43.0 Å². The van der Waals surface area contributed by atoms with Gasteiger partial charge in [0.25, 0.3) is 5.91 Å². The number of anilines is 1. The van der Waals surface area contributed by atoms with Crippen molar-refractivity contribution in [2.24, 2.45) is 0 Å². The van der Waals surface area contributed by atoms with Crippen LogP contribution >= 0.6 is 35.4 Å². The number of halogens is 2. The van der Waals surface area contributed by atoms with Gasteiger partial charge in [0.1, 0.15) is 5.75 Å². The molecule has 8 nitrogen and oxygen atoms in total. The SMILES string of the molecule is COC(=O)c1cc(NC(=S)NC(=O)c2cc(Cl)cc(Cl)c2OC)cc(C(=O)OC)c1. The van der Waals surface area contributed by atoms with Crippen LogP contribution in [0.3, 0.4) is 0 Å². The van der Waals surface area contributed by atoms with Crippen LogP contribution in [0.15, 0.2) is 30.3 Å². The Balaban J connectivity index is 2.27. The first-order chi connectivity index (χ1) is 14.2. The number of ether oxygens (including phenoxy) is 3. The Morgan fingerprint density at radius 2 is 1.47 bits per heavy atom. The Bertz CT molecular complexity index is 994. The molecule has 11 heteroatoms. The second-order valence-electron chi connectivity index (χ2n) is 5.66. The molecule has 0 saturated heterocycles. The van der Waals surface area contributed by atoms with E-state index in [2.05, 4.69) is 20.1 Å². The van der Waals surface area contributed by atoms with Gasteiger partial charge in [-0.25, -0.2) is 9.59 Å². The first kappa shape index (κ1) is 23.4. The highest BCUT2D eigenvalue weighted by molar-refractivity contribution is 7.80. The first-order valence-corrected chi connectivity index (χ1v) is 9.33. The fourth-order valence-electron chi connectivity index (χ4n) is 2.44. The minimum atomic E-state index is -0.669. The fourth-order valence-corrected chi connectivity index (χ4v) is 3.22. The Kier molecular flexibility index (Phi) is 7.99. The topological polar surface area (TPSA) is 103 Å². The highest BCUT2D eigenvalue weighted by Crippen LogP contribution is 2.32. The zero-order valence-electron chi connectivity index (χ0n) is 16.0. The molecule has 0 unspecified atom stereocenters. The van der Waals surface area contributed by atoms with Gasteiger partial charge < -0.3 is 19.5 Å². The molecule has 0 aliphatic carbocycles. The molecule has 0 fully saturated rings. The molecule has 1 amide bonds. The number of carbonyl (C=O) groups is 3. The van der Waals surface area contributed by atoms with E-state index in [1.807, 2.05) is 0 Å². The molecule has 2 rings (SSSR count). The van der Waals surface area contributed by atoms with Gasteiger partial charge in [-0.3, -0.25) is 10.1 Å². The lowest BCUT2D eigenvalue weighted by atomic mass is 10.1. The zero-order valence-corrected chi connectivity index (χ0v) is 18.3. The molecule has 0 aliphatic heterocycles. The molecule has 0 aromatic heterocycles. The number of amides is 1. The molecular formula is C19H16Cl2N2O6S. The number of nitrogens with one attached hydrogen (secondary N) is 2. The van der Waals surface area contributed by atoms with Crippen molar-refractivity contribution in [1.29, 1.82) is 0 Å². The van der Waals surface area contributed by atoms with Crippen LogP contribution in [0.2, 0.25) is 10.0 Å². The van der Waals surface area contributed by atoms with E-state index in [9.17, 15) is 14.4 Å². The molecule has 0 aliphatic rings. The van der Waals surface area contributed by atoms with Crippen molar-refractivity contribution in [2.75, 3.05) is 26.6 Å². The third kappa shape index (κ3) is 5.59. The van der Waals surface area contributed by atoms with Gasteiger partial charge in [0.15, 0.2) is 5.11 Å². The van der Waals surface area contributed by atoms with Crippen LogP contribution < -0.4 is 15.4 Å². The van der Waals surface area contributed by atoms with Crippen LogP contribution in [-0.4, -0.2) is 44.3 Å². The normalized spacial score (nSPS) is 10.0. The number of hydrogen-bond acceptors (Lipinski definition) is 7. The number of hydrogen-bond donors (Lipinski definition) is 2. The summed E-state index contributed by atoms with van der Waals surface area (Å²) in [7, 11) is 3.76. The van der Waals surface area contributed by atoms with E-state index in [0.29, 0.717) is 0 Å². The maximum absolute atomic E-state index is 12.6. The largest absolute Gasteiger partial charge is 0.494 e. The van der Waals surface area contributed by atoms with Crippen molar-refractivity contribution < 1.29 is 28.6 Å². The van der Waals surface area contributed by atoms with Crippen molar-refractivity contribution in [3.05, 3.63) is 57.1 Å². The van der Waals surface area contributed by atoms with Gasteiger partial charge >= 0.3 is 11.9 Å². The van der Waals surface area contributed by atoms with Crippen molar-refractivity contribution >= 4 is 64.1 Å². The van der Waals surface area contributed by atoms with Gasteiger partial charge in [-0.15, -0.1) is 0 Å². The van der Waals surface area contributed by atoms with E-state index >= 15 is 0 Å². The number of rotatable bonds is 5. The Morgan fingerprint density at radius 3 is 1.97 bits per heavy atom. The second-order valence-corrected chi connectivity index (χ2v) is 6.91. The minimum absolute atomic E-state index is 0.0673. The molecule has 158 valence electrons. The molecule has 30 heavy (non-hydrogen) atoms. The zero-order chi connectivity index (χ0) is 22.4. The van der Waals surface area contributed by atoms with E-state index in [1.165, 1.54) is 51.7 Å². The summed E-state index contributed by atoms with van der Waals surface area (Å²) in [6.07, 6.45) is 0. The summed E-state index contributed by atoms with van der Waals surface area (Å²) in [4.78, 5) is 36.3. The molecule has 0 radical (unpaired) electrons. The van der Waals surface area contributed by atoms with Crippen molar-refractivity contribution in [2.45, 2.75) is 0 Å². The summed E-state index contributed by atoms with van der Waals surface area (Å²) in [6.45, 7) is 0. The molecule has 2 N–H and O–H groups in total. The lowest BCUT2D eigenvalue weighted by molar-refractivity contribution is 0.0599. The van der Waals surface area contributed by atoms with Crippen LogP contribution in [0.25, 0.3) is 0 Å². The lowest BCUT2D eigenvalue weighted by Crippen LogP contribution is -2.34. The number of benzene rings is 2. The molecule has 0 spiro atoms. The predicted octanol–water partition coefficient (Wildman–Crippen LogP) is 3.70. The molecule has 0 heterocycles. The van der Waals surface area contributed by atoms with Gasteiger partial charge in [0.2, 0.25) is 0 Å². The first-order valence-electron chi connectivity index (χ1n) is 8.17. The monoisotopic (exact) mass is 470 g/mol. The third-order valence-corrected chi connectivity index (χ3v) is 4.42. The number of methoxy groups -OCH3 is 3. The number of thiocarbonyl (C=S) groups is 1. The molecule has 0 atom stereocenters. The van der Waals surface area contributed by atoms with E-state index in [-0.39, 0.29) is 43.3 Å². The van der Waals surface area contributed by atoms with Gasteiger partial charge in [0, 0.05) is 10.7 Å². The summed E-state index contributed by atoms with van der Waals surface area (Å²) >= 11 is 17.1. The van der Waals surface area contributed by atoms with Gasteiger partial charge in [-0.2, -0.15) is 0 Å². The lowest BCUT2D eigenvalue weighted by Gasteiger charge is -2.14. The van der Waals surface area contributed by atoms with E-state index in [4.69, 9.17) is 40.2 Å². The fraction of sp³-hybridized carbons (Fsp3) is 0.158. The summed E-state index contributed by atoms with van der Waals surface area (Å²) in [5.74, 6) is -1.85. The van der Waals surface area contributed by atoms with Crippen molar-refractivity contribution in [1.82, 2.24) is 5.32 Å².